The fourth-order valence-electron chi connectivity index (χ4n) is 3.41. The van der Waals surface area contributed by atoms with E-state index in [2.05, 4.69) is 10.1 Å². The maximum atomic E-state index is 12.4. The third-order valence-corrected chi connectivity index (χ3v) is 4.56. The van der Waals surface area contributed by atoms with E-state index in [1.54, 1.807) is 0 Å². The van der Waals surface area contributed by atoms with E-state index in [1.165, 1.54) is 0 Å². The van der Waals surface area contributed by atoms with Gasteiger partial charge < -0.3 is 14.4 Å². The van der Waals surface area contributed by atoms with E-state index >= 15 is 0 Å². The van der Waals surface area contributed by atoms with Gasteiger partial charge in [-0.2, -0.15) is 5.10 Å². The normalized spacial score (nSPS) is 25.0. The molecule has 1 aromatic rings. The number of aryl methyl sites for hydroxylation is 2. The van der Waals surface area contributed by atoms with Gasteiger partial charge in [0.15, 0.2) is 0 Å². The molecule has 2 saturated heterocycles. The molecule has 2 fully saturated rings. The fourth-order valence-corrected chi connectivity index (χ4v) is 3.41. The van der Waals surface area contributed by atoms with E-state index in [1.807, 2.05) is 23.4 Å². The molecule has 7 nitrogen and oxygen atoms in total. The fraction of sp³-hybridized carbons (Fsp3) is 0.812. The molecule has 2 atom stereocenters. The van der Waals surface area contributed by atoms with Crippen LogP contribution in [0.15, 0.2) is 0 Å². The zero-order valence-corrected chi connectivity index (χ0v) is 14.0. The molecule has 0 spiro atoms. The quantitative estimate of drug-likeness (QED) is 0.816. The first kappa shape index (κ1) is 16.4. The van der Waals surface area contributed by atoms with Crippen LogP contribution in [0, 0.1) is 13.8 Å². The molecule has 3 rings (SSSR count). The average Bonchev–Trinajstić information content (AvgIpc) is 3.17. The minimum Gasteiger partial charge on any atom is -0.376 e. The van der Waals surface area contributed by atoms with Crippen LogP contribution in [0.4, 0.5) is 0 Å². The van der Waals surface area contributed by atoms with Crippen LogP contribution in [0.3, 0.4) is 0 Å². The summed E-state index contributed by atoms with van der Waals surface area (Å²) in [4.78, 5) is 18.6. The van der Waals surface area contributed by atoms with E-state index < -0.39 is 0 Å². The van der Waals surface area contributed by atoms with Crippen molar-refractivity contribution in [2.24, 2.45) is 0 Å². The highest BCUT2D eigenvalue weighted by Crippen LogP contribution is 2.22. The number of nitrogens with zero attached hydrogens (tertiary/aromatic N) is 4. The van der Waals surface area contributed by atoms with Crippen LogP contribution in [0.25, 0.3) is 0 Å². The molecule has 3 heterocycles. The summed E-state index contributed by atoms with van der Waals surface area (Å²) >= 11 is 0. The summed E-state index contributed by atoms with van der Waals surface area (Å²) in [5.74, 6) is 1.75. The number of likely N-dealkylation sites (tertiary alicyclic amines) is 1. The van der Waals surface area contributed by atoms with Crippen molar-refractivity contribution in [3.8, 4) is 0 Å². The Labute approximate surface area is 137 Å². The van der Waals surface area contributed by atoms with Gasteiger partial charge in [-0.05, 0) is 39.5 Å². The molecule has 2 aliphatic rings. The van der Waals surface area contributed by atoms with Crippen LogP contribution >= 0.6 is 0 Å². The zero-order valence-electron chi connectivity index (χ0n) is 14.0. The van der Waals surface area contributed by atoms with Crippen LogP contribution < -0.4 is 0 Å². The molecular weight excluding hydrogens is 296 g/mol. The van der Waals surface area contributed by atoms with Gasteiger partial charge >= 0.3 is 0 Å². The first-order valence-corrected chi connectivity index (χ1v) is 8.50. The molecule has 1 aromatic heterocycles. The molecule has 128 valence electrons. The van der Waals surface area contributed by atoms with Gasteiger partial charge in [0.2, 0.25) is 5.91 Å². The Morgan fingerprint density at radius 2 is 2.22 bits per heavy atom. The Kier molecular flexibility index (Phi) is 5.27. The Morgan fingerprint density at radius 3 is 2.91 bits per heavy atom. The van der Waals surface area contributed by atoms with Gasteiger partial charge in [-0.1, -0.05) is 0 Å². The van der Waals surface area contributed by atoms with Crippen molar-refractivity contribution in [3.63, 3.8) is 0 Å². The molecule has 0 saturated carbocycles. The lowest BCUT2D eigenvalue weighted by Gasteiger charge is -2.33. The van der Waals surface area contributed by atoms with E-state index in [4.69, 9.17) is 9.47 Å². The number of hydrogen-bond donors (Lipinski definition) is 0. The predicted molar refractivity (Wildman–Crippen MR) is 84.1 cm³/mol. The van der Waals surface area contributed by atoms with Crippen LogP contribution in [0.2, 0.25) is 0 Å². The van der Waals surface area contributed by atoms with Crippen molar-refractivity contribution in [2.45, 2.75) is 51.7 Å². The van der Waals surface area contributed by atoms with E-state index in [0.29, 0.717) is 13.2 Å². The second-order valence-electron chi connectivity index (χ2n) is 6.44. The number of amides is 1. The number of rotatable bonds is 5. The molecule has 1 amide bonds. The van der Waals surface area contributed by atoms with Gasteiger partial charge in [-0.15, -0.1) is 0 Å². The third-order valence-electron chi connectivity index (χ3n) is 4.56. The molecule has 7 heteroatoms. The summed E-state index contributed by atoms with van der Waals surface area (Å²) < 4.78 is 13.0. The van der Waals surface area contributed by atoms with Crippen LogP contribution in [-0.2, 0) is 14.3 Å². The summed E-state index contributed by atoms with van der Waals surface area (Å²) in [5, 5.41) is 4.46. The monoisotopic (exact) mass is 322 g/mol. The molecule has 0 aromatic carbocycles. The van der Waals surface area contributed by atoms with Gasteiger partial charge in [-0.3, -0.25) is 4.79 Å². The smallest absolute Gasteiger partial charge is 0.248 e. The Balaban J connectivity index is 1.49. The number of ether oxygens (including phenoxy) is 2. The van der Waals surface area contributed by atoms with Crippen molar-refractivity contribution >= 4 is 5.91 Å². The standard InChI is InChI=1S/C16H26N4O3/c1-12-17-13(2)20(18-12)14-5-3-7-19(9-14)16(21)11-22-10-15-6-4-8-23-15/h14-15H,3-11H2,1-2H3/t14-,15-/m1/s1. The van der Waals surface area contributed by atoms with E-state index in [0.717, 1.165) is 50.5 Å². The topological polar surface area (TPSA) is 69.5 Å². The molecule has 0 unspecified atom stereocenters. The number of carbonyl (C=O) groups excluding carboxylic acids is 1. The lowest BCUT2D eigenvalue weighted by atomic mass is 10.1. The summed E-state index contributed by atoms with van der Waals surface area (Å²) in [6.45, 7) is 6.82. The number of aromatic nitrogens is 3. The van der Waals surface area contributed by atoms with E-state index in [-0.39, 0.29) is 24.7 Å². The number of piperidine rings is 1. The second kappa shape index (κ2) is 7.40. The van der Waals surface area contributed by atoms with Crippen molar-refractivity contribution in [3.05, 3.63) is 11.6 Å². The molecule has 23 heavy (non-hydrogen) atoms. The van der Waals surface area contributed by atoms with Crippen molar-refractivity contribution in [1.29, 1.82) is 0 Å². The average molecular weight is 322 g/mol. The Hall–Kier alpha value is -1.47. The van der Waals surface area contributed by atoms with Crippen molar-refractivity contribution < 1.29 is 14.3 Å². The van der Waals surface area contributed by atoms with Gasteiger partial charge in [0.1, 0.15) is 18.3 Å². The van der Waals surface area contributed by atoms with Crippen molar-refractivity contribution in [2.75, 3.05) is 32.9 Å². The SMILES string of the molecule is Cc1nc(C)n([C@@H]2CCCN(C(=O)COC[C@H]3CCCO3)C2)n1. The highest BCUT2D eigenvalue weighted by molar-refractivity contribution is 5.77. The van der Waals surface area contributed by atoms with Crippen LogP contribution in [0.1, 0.15) is 43.4 Å². The second-order valence-corrected chi connectivity index (χ2v) is 6.44. The lowest BCUT2D eigenvalue weighted by Crippen LogP contribution is -2.43. The Bertz CT molecular complexity index is 539. The molecule has 0 aliphatic carbocycles. The Morgan fingerprint density at radius 1 is 1.35 bits per heavy atom. The van der Waals surface area contributed by atoms with Gasteiger partial charge in [0, 0.05) is 19.7 Å². The first-order chi connectivity index (χ1) is 11.1. The maximum absolute atomic E-state index is 12.4. The summed E-state index contributed by atoms with van der Waals surface area (Å²) in [7, 11) is 0. The highest BCUT2D eigenvalue weighted by Gasteiger charge is 2.27. The largest absolute Gasteiger partial charge is 0.376 e. The molecule has 2 aliphatic heterocycles. The highest BCUT2D eigenvalue weighted by atomic mass is 16.5. The minimum atomic E-state index is 0.0576. The molecular formula is C16H26N4O3. The zero-order chi connectivity index (χ0) is 16.2. The predicted octanol–water partition coefficient (Wildman–Crippen LogP) is 1.25. The van der Waals surface area contributed by atoms with Crippen LogP contribution in [-0.4, -0.2) is 64.6 Å². The molecule has 0 N–H and O–H groups in total. The summed E-state index contributed by atoms with van der Waals surface area (Å²) in [6, 6.07) is 0.215. The minimum absolute atomic E-state index is 0.0576. The number of hydrogen-bond acceptors (Lipinski definition) is 5. The van der Waals surface area contributed by atoms with E-state index in [9.17, 15) is 4.79 Å². The van der Waals surface area contributed by atoms with Gasteiger partial charge in [-0.25, -0.2) is 9.67 Å². The van der Waals surface area contributed by atoms with Gasteiger partial charge in [0.25, 0.3) is 0 Å². The van der Waals surface area contributed by atoms with Crippen LogP contribution in [0.5, 0.6) is 0 Å². The first-order valence-electron chi connectivity index (χ1n) is 8.50. The van der Waals surface area contributed by atoms with Gasteiger partial charge in [0.05, 0.1) is 18.8 Å². The maximum Gasteiger partial charge on any atom is 0.248 e. The summed E-state index contributed by atoms with van der Waals surface area (Å²) in [6.07, 6.45) is 4.31. The molecule has 0 radical (unpaired) electrons. The molecule has 0 bridgehead atoms. The summed E-state index contributed by atoms with van der Waals surface area (Å²) in [5.41, 5.74) is 0. The lowest BCUT2D eigenvalue weighted by molar-refractivity contribution is -0.139. The third kappa shape index (κ3) is 4.09. The van der Waals surface area contributed by atoms with Crippen molar-refractivity contribution in [1.82, 2.24) is 19.7 Å². The number of carbonyl (C=O) groups is 1.